The van der Waals surface area contributed by atoms with E-state index in [4.69, 9.17) is 17.3 Å². The molecule has 0 saturated heterocycles. The lowest BCUT2D eigenvalue weighted by Gasteiger charge is -2.37. The van der Waals surface area contributed by atoms with Crippen molar-refractivity contribution < 1.29 is 22.8 Å². The molecule has 2 amide bonds. The first-order valence-corrected chi connectivity index (χ1v) is 9.95. The van der Waals surface area contributed by atoms with Crippen molar-refractivity contribution in [1.29, 1.82) is 0 Å². The van der Waals surface area contributed by atoms with Gasteiger partial charge in [0.15, 0.2) is 0 Å². The third-order valence-corrected chi connectivity index (χ3v) is 5.97. The minimum Gasteiger partial charge on any atom is -0.365 e. The fourth-order valence-electron chi connectivity index (χ4n) is 4.23. The first-order valence-electron chi connectivity index (χ1n) is 9.58. The van der Waals surface area contributed by atoms with Gasteiger partial charge in [0.1, 0.15) is 11.5 Å². The number of carbonyl (C=O) groups excluding carboxylic acids is 2. The number of amides is 2. The van der Waals surface area contributed by atoms with Crippen molar-refractivity contribution in [2.24, 2.45) is 11.7 Å². The molecule has 1 aromatic carbocycles. The summed E-state index contributed by atoms with van der Waals surface area (Å²) in [6, 6.07) is 3.73. The predicted octanol–water partition coefficient (Wildman–Crippen LogP) is 3.78. The lowest BCUT2D eigenvalue weighted by molar-refractivity contribution is -0.143. The molecule has 4 rings (SSSR count). The Morgan fingerprint density at radius 2 is 2.03 bits per heavy atom. The Kier molecular flexibility index (Phi) is 5.04. The average molecular weight is 441 g/mol. The fraction of sp³-hybridized carbons (Fsp3) is 0.450. The van der Waals surface area contributed by atoms with Crippen molar-refractivity contribution in [2.75, 3.05) is 6.54 Å². The fourth-order valence-corrected chi connectivity index (χ4v) is 4.41. The van der Waals surface area contributed by atoms with Gasteiger partial charge in [-0.1, -0.05) is 11.6 Å². The molecule has 1 aliphatic heterocycles. The molecule has 10 heteroatoms. The minimum atomic E-state index is -2.68. The number of alkyl halides is 2. The number of primary amides is 1. The van der Waals surface area contributed by atoms with Crippen LogP contribution in [0.15, 0.2) is 18.2 Å². The van der Waals surface area contributed by atoms with Crippen LogP contribution in [0.5, 0.6) is 0 Å². The molecular formula is C20H20ClF3N4O2. The van der Waals surface area contributed by atoms with Crippen molar-refractivity contribution in [1.82, 2.24) is 14.7 Å². The molecule has 1 atom stereocenters. The van der Waals surface area contributed by atoms with Gasteiger partial charge in [0, 0.05) is 31.4 Å². The number of hydrogen-bond acceptors (Lipinski definition) is 3. The number of rotatable bonds is 4. The number of carbonyl (C=O) groups is 2. The second kappa shape index (κ2) is 7.30. The molecule has 1 fully saturated rings. The summed E-state index contributed by atoms with van der Waals surface area (Å²) in [5, 5.41) is 4.38. The van der Waals surface area contributed by atoms with Crippen LogP contribution in [0.2, 0.25) is 5.02 Å². The van der Waals surface area contributed by atoms with Crippen LogP contribution in [-0.4, -0.2) is 39.0 Å². The van der Waals surface area contributed by atoms with Crippen LogP contribution < -0.4 is 5.73 Å². The maximum atomic E-state index is 13.5. The van der Waals surface area contributed by atoms with Crippen molar-refractivity contribution >= 4 is 23.4 Å². The largest absolute Gasteiger partial charge is 0.365 e. The predicted molar refractivity (Wildman–Crippen MR) is 104 cm³/mol. The van der Waals surface area contributed by atoms with Crippen LogP contribution in [0.25, 0.3) is 11.3 Å². The van der Waals surface area contributed by atoms with Gasteiger partial charge in [-0.05, 0) is 31.0 Å². The van der Waals surface area contributed by atoms with E-state index in [2.05, 4.69) is 5.10 Å². The number of halogens is 4. The summed E-state index contributed by atoms with van der Waals surface area (Å²) in [7, 11) is 0. The first-order chi connectivity index (χ1) is 14.1. The lowest BCUT2D eigenvalue weighted by atomic mass is 9.79. The maximum absolute atomic E-state index is 13.5. The maximum Gasteiger partial charge on any atom is 0.252 e. The van der Waals surface area contributed by atoms with Gasteiger partial charge in [-0.25, -0.2) is 13.2 Å². The molecular weight excluding hydrogens is 421 g/mol. The van der Waals surface area contributed by atoms with Crippen molar-refractivity contribution in [3.8, 4) is 11.3 Å². The van der Waals surface area contributed by atoms with Crippen LogP contribution >= 0.6 is 11.6 Å². The lowest BCUT2D eigenvalue weighted by Crippen LogP contribution is -2.44. The molecule has 2 heterocycles. The summed E-state index contributed by atoms with van der Waals surface area (Å²) in [6.45, 7) is 2.25. The first kappa shape index (κ1) is 20.7. The van der Waals surface area contributed by atoms with E-state index < -0.39 is 17.6 Å². The molecule has 0 unspecified atom stereocenters. The van der Waals surface area contributed by atoms with E-state index in [1.165, 1.54) is 18.2 Å². The summed E-state index contributed by atoms with van der Waals surface area (Å²) >= 11 is 5.87. The molecule has 6 nitrogen and oxygen atoms in total. The number of benzene rings is 1. The molecule has 1 aliphatic carbocycles. The quantitative estimate of drug-likeness (QED) is 0.785. The second-order valence-corrected chi connectivity index (χ2v) is 8.47. The zero-order valence-electron chi connectivity index (χ0n) is 16.2. The van der Waals surface area contributed by atoms with Gasteiger partial charge in [-0.2, -0.15) is 5.10 Å². The zero-order valence-corrected chi connectivity index (χ0v) is 16.9. The molecule has 160 valence electrons. The van der Waals surface area contributed by atoms with Gasteiger partial charge in [0.05, 0.1) is 28.9 Å². The summed E-state index contributed by atoms with van der Waals surface area (Å²) in [4.78, 5) is 26.5. The summed E-state index contributed by atoms with van der Waals surface area (Å²) < 4.78 is 41.3. The zero-order chi connectivity index (χ0) is 21.8. The second-order valence-electron chi connectivity index (χ2n) is 8.07. The Hall–Kier alpha value is -2.55. The Morgan fingerprint density at radius 3 is 2.63 bits per heavy atom. The van der Waals surface area contributed by atoms with Gasteiger partial charge in [-0.15, -0.1) is 0 Å². The van der Waals surface area contributed by atoms with Gasteiger partial charge < -0.3 is 10.6 Å². The van der Waals surface area contributed by atoms with Crippen molar-refractivity contribution in [3.63, 3.8) is 0 Å². The summed E-state index contributed by atoms with van der Waals surface area (Å²) in [5.41, 5.74) is 6.90. The minimum absolute atomic E-state index is 0.0444. The highest BCUT2D eigenvalue weighted by Gasteiger charge is 2.46. The van der Waals surface area contributed by atoms with Crippen LogP contribution in [0.1, 0.15) is 48.3 Å². The highest BCUT2D eigenvalue weighted by molar-refractivity contribution is 6.31. The van der Waals surface area contributed by atoms with Gasteiger partial charge in [0.25, 0.3) is 5.91 Å². The van der Waals surface area contributed by atoms with E-state index in [1.54, 1.807) is 9.58 Å². The summed E-state index contributed by atoms with van der Waals surface area (Å²) in [6.07, 6.45) is -0.507. The van der Waals surface area contributed by atoms with E-state index in [0.29, 0.717) is 17.8 Å². The van der Waals surface area contributed by atoms with E-state index in [9.17, 15) is 22.8 Å². The van der Waals surface area contributed by atoms with E-state index >= 15 is 0 Å². The van der Waals surface area contributed by atoms with Crippen LogP contribution in [0, 0.1) is 11.7 Å². The number of fused-ring (bicyclic) bond motifs is 1. The Labute approximate surface area is 175 Å². The molecule has 2 aromatic rings. The Morgan fingerprint density at radius 1 is 1.33 bits per heavy atom. The van der Waals surface area contributed by atoms with Crippen LogP contribution in [0.3, 0.4) is 0 Å². The third kappa shape index (κ3) is 3.66. The molecule has 2 N–H and O–H groups in total. The van der Waals surface area contributed by atoms with Gasteiger partial charge >= 0.3 is 0 Å². The highest BCUT2D eigenvalue weighted by Crippen LogP contribution is 2.44. The number of nitrogens with two attached hydrogens (primary N) is 1. The SMILES string of the molecule is C[C@H]1CN(C(=O)CC2CC(F)(F)C2)Cc2c(C(N)=O)c(-c3ccc(F)c(Cl)c3)nn21. The molecule has 0 radical (unpaired) electrons. The molecule has 2 aliphatic rings. The van der Waals surface area contributed by atoms with Crippen LogP contribution in [-0.2, 0) is 11.3 Å². The highest BCUT2D eigenvalue weighted by atomic mass is 35.5. The Balaban J connectivity index is 1.64. The topological polar surface area (TPSA) is 81.2 Å². The van der Waals surface area contributed by atoms with E-state index in [-0.39, 0.29) is 60.0 Å². The molecule has 0 spiro atoms. The number of aromatic nitrogens is 2. The molecule has 1 aromatic heterocycles. The number of nitrogens with zero attached hydrogens (tertiary/aromatic N) is 3. The third-order valence-electron chi connectivity index (χ3n) is 5.68. The number of hydrogen-bond donors (Lipinski definition) is 1. The standard InChI is InChI=1S/C20H20ClF3N4O2/c1-10-8-27(16(29)4-11-6-20(23,24)7-11)9-15-17(19(25)30)18(26-28(10)15)12-2-3-14(22)13(21)5-12/h2-3,5,10-11H,4,6-9H2,1H3,(H2,25,30)/t10-/m0/s1. The smallest absolute Gasteiger partial charge is 0.252 e. The van der Waals surface area contributed by atoms with E-state index in [0.717, 1.165) is 0 Å². The monoisotopic (exact) mass is 440 g/mol. The van der Waals surface area contributed by atoms with Gasteiger partial charge in [-0.3, -0.25) is 14.3 Å². The molecule has 0 bridgehead atoms. The molecule has 1 saturated carbocycles. The Bertz CT molecular complexity index is 1030. The van der Waals surface area contributed by atoms with Crippen molar-refractivity contribution in [2.45, 2.75) is 44.7 Å². The van der Waals surface area contributed by atoms with Gasteiger partial charge in [0.2, 0.25) is 11.8 Å². The molecule has 30 heavy (non-hydrogen) atoms. The van der Waals surface area contributed by atoms with Crippen LogP contribution in [0.4, 0.5) is 13.2 Å². The van der Waals surface area contributed by atoms with E-state index in [1.807, 2.05) is 6.92 Å². The average Bonchev–Trinajstić information content (AvgIpc) is 3.02. The normalized spacial score (nSPS) is 20.6. The summed E-state index contributed by atoms with van der Waals surface area (Å²) in [5.74, 6) is -4.58. The van der Waals surface area contributed by atoms with Crippen molar-refractivity contribution in [3.05, 3.63) is 40.3 Å².